The van der Waals surface area contributed by atoms with E-state index < -0.39 is 10.0 Å². The third kappa shape index (κ3) is 2.75. The van der Waals surface area contributed by atoms with Gasteiger partial charge in [0.2, 0.25) is 10.0 Å². The summed E-state index contributed by atoms with van der Waals surface area (Å²) in [5, 5.41) is 0. The third-order valence-corrected chi connectivity index (χ3v) is 5.54. The molecule has 1 aromatic rings. The van der Waals surface area contributed by atoms with Crippen LogP contribution in [0.1, 0.15) is 18.9 Å². The van der Waals surface area contributed by atoms with Crippen LogP contribution >= 0.6 is 0 Å². The fourth-order valence-corrected chi connectivity index (χ4v) is 4.24. The van der Waals surface area contributed by atoms with E-state index in [1.54, 1.807) is 29.4 Å². The number of benzene rings is 1. The van der Waals surface area contributed by atoms with Gasteiger partial charge in [-0.15, -0.1) is 0 Å². The molecule has 1 unspecified atom stereocenters. The zero-order valence-corrected chi connectivity index (χ0v) is 12.1. The number of ether oxygens (including phenoxy) is 1. The highest BCUT2D eigenvalue weighted by atomic mass is 32.2. The van der Waals surface area contributed by atoms with Crippen molar-refractivity contribution in [1.29, 1.82) is 0 Å². The lowest BCUT2D eigenvalue weighted by molar-refractivity contribution is 0.0314. The number of sulfonamides is 1. The number of nitrogens with two attached hydrogens (primary N) is 1. The molecule has 1 heterocycles. The summed E-state index contributed by atoms with van der Waals surface area (Å²) in [6, 6.07) is 4.81. The minimum Gasteiger partial charge on any atom is -0.399 e. The van der Waals surface area contributed by atoms with Crippen molar-refractivity contribution in [1.82, 2.24) is 4.31 Å². The van der Waals surface area contributed by atoms with E-state index in [2.05, 4.69) is 0 Å². The molecule has 0 amide bonds. The van der Waals surface area contributed by atoms with Gasteiger partial charge in [-0.1, -0.05) is 6.92 Å². The van der Waals surface area contributed by atoms with E-state index in [1.165, 1.54) is 0 Å². The van der Waals surface area contributed by atoms with E-state index in [1.807, 2.05) is 6.92 Å². The molecule has 106 valence electrons. The molecule has 2 N–H and O–H groups in total. The molecule has 1 aromatic carbocycles. The Hall–Kier alpha value is -1.11. The molecule has 0 saturated carbocycles. The van der Waals surface area contributed by atoms with Crippen molar-refractivity contribution in [2.45, 2.75) is 31.2 Å². The van der Waals surface area contributed by atoms with Crippen molar-refractivity contribution >= 4 is 15.7 Å². The second kappa shape index (κ2) is 5.48. The van der Waals surface area contributed by atoms with Gasteiger partial charge < -0.3 is 10.5 Å². The van der Waals surface area contributed by atoms with Crippen LogP contribution in [0.15, 0.2) is 23.1 Å². The average molecular weight is 284 g/mol. The van der Waals surface area contributed by atoms with Crippen molar-refractivity contribution in [2.24, 2.45) is 0 Å². The van der Waals surface area contributed by atoms with Crippen LogP contribution in [-0.2, 0) is 14.8 Å². The molecular formula is C13H20N2O3S. The highest BCUT2D eigenvalue weighted by molar-refractivity contribution is 7.89. The Labute approximate surface area is 114 Å². The van der Waals surface area contributed by atoms with Gasteiger partial charge in [0, 0.05) is 18.3 Å². The Bertz CT molecular complexity index is 557. The Balaban J connectivity index is 2.40. The van der Waals surface area contributed by atoms with Gasteiger partial charge in [0.25, 0.3) is 0 Å². The number of anilines is 1. The highest BCUT2D eigenvalue weighted by Crippen LogP contribution is 2.25. The highest BCUT2D eigenvalue weighted by Gasteiger charge is 2.33. The quantitative estimate of drug-likeness (QED) is 0.851. The van der Waals surface area contributed by atoms with Gasteiger partial charge in [-0.05, 0) is 37.1 Å². The van der Waals surface area contributed by atoms with Crippen LogP contribution in [0.4, 0.5) is 5.69 Å². The second-order valence-corrected chi connectivity index (χ2v) is 6.64. The summed E-state index contributed by atoms with van der Waals surface area (Å²) in [7, 11) is -3.47. The molecule has 0 radical (unpaired) electrons. The molecule has 1 fully saturated rings. The zero-order valence-electron chi connectivity index (χ0n) is 11.3. The Morgan fingerprint density at radius 3 is 2.84 bits per heavy atom. The first-order valence-corrected chi connectivity index (χ1v) is 7.86. The van der Waals surface area contributed by atoms with Gasteiger partial charge in [-0.2, -0.15) is 4.31 Å². The molecule has 1 aliphatic heterocycles. The smallest absolute Gasteiger partial charge is 0.243 e. The summed E-state index contributed by atoms with van der Waals surface area (Å²) < 4.78 is 32.3. The topological polar surface area (TPSA) is 72.6 Å². The number of aryl methyl sites for hydroxylation is 1. The van der Waals surface area contributed by atoms with Gasteiger partial charge in [-0.25, -0.2) is 8.42 Å². The van der Waals surface area contributed by atoms with Crippen LogP contribution in [0.3, 0.4) is 0 Å². The molecule has 0 aliphatic carbocycles. The van der Waals surface area contributed by atoms with Crippen molar-refractivity contribution in [3.8, 4) is 0 Å². The Morgan fingerprint density at radius 2 is 2.21 bits per heavy atom. The molecule has 1 aliphatic rings. The van der Waals surface area contributed by atoms with Gasteiger partial charge in [0.15, 0.2) is 0 Å². The van der Waals surface area contributed by atoms with Crippen LogP contribution in [0.5, 0.6) is 0 Å². The molecule has 1 saturated heterocycles. The third-order valence-electron chi connectivity index (χ3n) is 3.43. The van der Waals surface area contributed by atoms with Gasteiger partial charge in [0.1, 0.15) is 0 Å². The molecule has 19 heavy (non-hydrogen) atoms. The van der Waals surface area contributed by atoms with E-state index in [-0.39, 0.29) is 6.04 Å². The lowest BCUT2D eigenvalue weighted by Crippen LogP contribution is -2.48. The van der Waals surface area contributed by atoms with Gasteiger partial charge >= 0.3 is 0 Å². The maximum atomic E-state index is 12.7. The standard InChI is InChI=1S/C13H20N2O3S/c1-3-12-9-18-7-6-15(12)19(16,17)13-5-4-11(14)8-10(13)2/h4-5,8,12H,3,6-7,9,14H2,1-2H3. The first-order chi connectivity index (χ1) is 8.96. The first-order valence-electron chi connectivity index (χ1n) is 6.42. The van der Waals surface area contributed by atoms with Crippen molar-refractivity contribution in [3.05, 3.63) is 23.8 Å². The molecule has 2 rings (SSSR count). The van der Waals surface area contributed by atoms with E-state index >= 15 is 0 Å². The number of hydrogen-bond donors (Lipinski definition) is 1. The average Bonchev–Trinajstić information content (AvgIpc) is 2.38. The number of morpholine rings is 1. The van der Waals surface area contributed by atoms with Gasteiger partial charge in [0.05, 0.1) is 18.1 Å². The second-order valence-electron chi connectivity index (χ2n) is 4.78. The predicted octanol–water partition coefficient (Wildman–Crippen LogP) is 1.38. The summed E-state index contributed by atoms with van der Waals surface area (Å²) in [5.74, 6) is 0. The van der Waals surface area contributed by atoms with Crippen LogP contribution in [0.2, 0.25) is 0 Å². The molecule has 0 bridgehead atoms. The normalized spacial score (nSPS) is 21.5. The van der Waals surface area contributed by atoms with Crippen LogP contribution in [-0.4, -0.2) is 38.5 Å². The SMILES string of the molecule is CCC1COCCN1S(=O)(=O)c1ccc(N)cc1C. The fraction of sp³-hybridized carbons (Fsp3) is 0.538. The van der Waals surface area contributed by atoms with Crippen molar-refractivity contribution in [3.63, 3.8) is 0 Å². The summed E-state index contributed by atoms with van der Waals surface area (Å²) in [5.41, 5.74) is 6.93. The lowest BCUT2D eigenvalue weighted by Gasteiger charge is -2.34. The number of rotatable bonds is 3. The molecule has 5 nitrogen and oxygen atoms in total. The van der Waals surface area contributed by atoms with Gasteiger partial charge in [-0.3, -0.25) is 0 Å². The summed E-state index contributed by atoms with van der Waals surface area (Å²) in [4.78, 5) is 0.335. The van der Waals surface area contributed by atoms with E-state index in [0.29, 0.717) is 35.9 Å². The summed E-state index contributed by atoms with van der Waals surface area (Å²) in [6.45, 7) is 5.06. The molecule has 6 heteroatoms. The molecule has 0 spiro atoms. The van der Waals surface area contributed by atoms with Crippen LogP contribution in [0, 0.1) is 6.92 Å². The molecule has 0 aromatic heterocycles. The number of hydrogen-bond acceptors (Lipinski definition) is 4. The van der Waals surface area contributed by atoms with Crippen LogP contribution in [0.25, 0.3) is 0 Å². The van der Waals surface area contributed by atoms with E-state index in [4.69, 9.17) is 10.5 Å². The van der Waals surface area contributed by atoms with E-state index in [0.717, 1.165) is 6.42 Å². The maximum Gasteiger partial charge on any atom is 0.243 e. The number of nitrogen functional groups attached to an aromatic ring is 1. The Morgan fingerprint density at radius 1 is 1.47 bits per heavy atom. The first kappa shape index (κ1) is 14.3. The molecule has 1 atom stereocenters. The van der Waals surface area contributed by atoms with Crippen molar-refractivity contribution in [2.75, 3.05) is 25.5 Å². The summed E-state index contributed by atoms with van der Waals surface area (Å²) >= 11 is 0. The zero-order chi connectivity index (χ0) is 14.0. The molecular weight excluding hydrogens is 264 g/mol. The number of nitrogens with zero attached hydrogens (tertiary/aromatic N) is 1. The maximum absolute atomic E-state index is 12.7. The van der Waals surface area contributed by atoms with Crippen LogP contribution < -0.4 is 5.73 Å². The Kier molecular flexibility index (Phi) is 4.13. The summed E-state index contributed by atoms with van der Waals surface area (Å²) in [6.07, 6.45) is 0.743. The predicted molar refractivity (Wildman–Crippen MR) is 74.4 cm³/mol. The van der Waals surface area contributed by atoms with Crippen molar-refractivity contribution < 1.29 is 13.2 Å². The minimum absolute atomic E-state index is 0.0873. The largest absolute Gasteiger partial charge is 0.399 e. The van der Waals surface area contributed by atoms with E-state index in [9.17, 15) is 8.42 Å². The lowest BCUT2D eigenvalue weighted by atomic mass is 10.2. The fourth-order valence-electron chi connectivity index (χ4n) is 2.37. The monoisotopic (exact) mass is 284 g/mol. The minimum atomic E-state index is -3.47.